The summed E-state index contributed by atoms with van der Waals surface area (Å²) >= 11 is 1.84. The van der Waals surface area contributed by atoms with Gasteiger partial charge in [-0.1, -0.05) is 36.4 Å². The van der Waals surface area contributed by atoms with E-state index in [2.05, 4.69) is 55.5 Å². The van der Waals surface area contributed by atoms with Gasteiger partial charge in [0.25, 0.3) is 0 Å². The maximum atomic E-state index is 5.16. The maximum Gasteiger partial charge on any atom is 0.118 e. The van der Waals surface area contributed by atoms with Crippen LogP contribution in [0.3, 0.4) is 0 Å². The molecule has 0 aliphatic rings. The molecule has 0 spiro atoms. The Morgan fingerprint density at radius 3 is 2.35 bits per heavy atom. The molecule has 2 aromatic carbocycles. The summed E-state index contributed by atoms with van der Waals surface area (Å²) in [6.45, 7) is 2.15. The first kappa shape index (κ1) is 12.9. The molecule has 0 aliphatic carbocycles. The molecular formula is C18H16OS. The summed E-state index contributed by atoms with van der Waals surface area (Å²) in [5.74, 6) is 0.887. The predicted molar refractivity (Wildman–Crippen MR) is 88.5 cm³/mol. The summed E-state index contributed by atoms with van der Waals surface area (Å²) < 4.78 is 6.51. The molecule has 0 atom stereocenters. The smallest absolute Gasteiger partial charge is 0.118 e. The van der Waals surface area contributed by atoms with E-state index in [4.69, 9.17) is 4.74 Å². The molecule has 0 N–H and O–H groups in total. The van der Waals surface area contributed by atoms with Crippen LogP contribution in [0.25, 0.3) is 22.2 Å². The molecule has 1 heterocycles. The molecular weight excluding hydrogens is 264 g/mol. The Morgan fingerprint density at radius 2 is 1.60 bits per heavy atom. The van der Waals surface area contributed by atoms with E-state index in [1.807, 2.05) is 23.5 Å². The first-order valence-corrected chi connectivity index (χ1v) is 7.38. The van der Waals surface area contributed by atoms with E-state index in [0.717, 1.165) is 5.75 Å². The molecule has 0 bridgehead atoms. The van der Waals surface area contributed by atoms with Crippen LogP contribution in [0.2, 0.25) is 0 Å². The van der Waals surface area contributed by atoms with E-state index in [1.54, 1.807) is 7.11 Å². The number of ether oxygens (including phenoxy) is 1. The Balaban J connectivity index is 1.85. The normalized spacial score (nSPS) is 11.3. The van der Waals surface area contributed by atoms with Crippen molar-refractivity contribution in [3.63, 3.8) is 0 Å². The number of aryl methyl sites for hydroxylation is 1. The molecule has 0 fully saturated rings. The summed E-state index contributed by atoms with van der Waals surface area (Å²) in [4.78, 5) is 1.36. The van der Waals surface area contributed by atoms with Gasteiger partial charge >= 0.3 is 0 Å². The minimum atomic E-state index is 0.887. The van der Waals surface area contributed by atoms with E-state index in [-0.39, 0.29) is 0 Å². The minimum absolute atomic E-state index is 0.887. The zero-order chi connectivity index (χ0) is 13.9. The summed E-state index contributed by atoms with van der Waals surface area (Å²) in [6.07, 6.45) is 4.28. The third-order valence-electron chi connectivity index (χ3n) is 3.25. The van der Waals surface area contributed by atoms with Crippen molar-refractivity contribution in [2.24, 2.45) is 0 Å². The largest absolute Gasteiger partial charge is 0.497 e. The standard InChI is InChI=1S/C18H16OS/c1-13-11-16-8-5-15(12-18(16)20-13)4-3-14-6-9-17(19-2)10-7-14/h3-12H,1-2H3. The monoisotopic (exact) mass is 280 g/mol. The third kappa shape index (κ3) is 2.75. The van der Waals surface area contributed by atoms with Crippen molar-refractivity contribution >= 4 is 33.6 Å². The van der Waals surface area contributed by atoms with Crippen LogP contribution in [-0.4, -0.2) is 7.11 Å². The second-order valence-corrected chi connectivity index (χ2v) is 6.05. The number of fused-ring (bicyclic) bond motifs is 1. The molecule has 1 nitrogen and oxygen atoms in total. The van der Waals surface area contributed by atoms with Gasteiger partial charge in [0, 0.05) is 9.58 Å². The molecule has 0 amide bonds. The molecule has 2 heteroatoms. The second kappa shape index (κ2) is 5.51. The second-order valence-electron chi connectivity index (χ2n) is 4.76. The molecule has 0 radical (unpaired) electrons. The lowest BCUT2D eigenvalue weighted by molar-refractivity contribution is 0.415. The van der Waals surface area contributed by atoms with Crippen LogP contribution in [0.1, 0.15) is 16.0 Å². The van der Waals surface area contributed by atoms with Crippen molar-refractivity contribution in [3.8, 4) is 5.75 Å². The average Bonchev–Trinajstić information content (AvgIpc) is 2.85. The maximum absolute atomic E-state index is 5.16. The quantitative estimate of drug-likeness (QED) is 0.584. The Bertz CT molecular complexity index is 751. The molecule has 0 unspecified atom stereocenters. The van der Waals surface area contributed by atoms with Crippen molar-refractivity contribution in [3.05, 3.63) is 64.5 Å². The van der Waals surface area contributed by atoms with Gasteiger partial charge in [0.1, 0.15) is 5.75 Å². The fourth-order valence-electron chi connectivity index (χ4n) is 2.19. The highest BCUT2D eigenvalue weighted by Crippen LogP contribution is 2.26. The topological polar surface area (TPSA) is 9.23 Å². The fraction of sp³-hybridized carbons (Fsp3) is 0.111. The van der Waals surface area contributed by atoms with Gasteiger partial charge in [-0.05, 0) is 47.7 Å². The van der Waals surface area contributed by atoms with Gasteiger partial charge in [-0.25, -0.2) is 0 Å². The molecule has 20 heavy (non-hydrogen) atoms. The highest BCUT2D eigenvalue weighted by molar-refractivity contribution is 7.19. The lowest BCUT2D eigenvalue weighted by atomic mass is 10.1. The highest BCUT2D eigenvalue weighted by Gasteiger charge is 1.98. The number of rotatable bonds is 3. The van der Waals surface area contributed by atoms with Crippen molar-refractivity contribution in [2.75, 3.05) is 7.11 Å². The van der Waals surface area contributed by atoms with Crippen LogP contribution in [-0.2, 0) is 0 Å². The van der Waals surface area contributed by atoms with Crippen molar-refractivity contribution < 1.29 is 4.74 Å². The van der Waals surface area contributed by atoms with Crippen LogP contribution in [0, 0.1) is 6.92 Å². The molecule has 1 aromatic heterocycles. The molecule has 0 saturated carbocycles. The number of benzene rings is 2. The number of hydrogen-bond donors (Lipinski definition) is 0. The lowest BCUT2D eigenvalue weighted by Gasteiger charge is -1.99. The predicted octanol–water partition coefficient (Wildman–Crippen LogP) is 5.39. The van der Waals surface area contributed by atoms with Crippen molar-refractivity contribution in [2.45, 2.75) is 6.92 Å². The third-order valence-corrected chi connectivity index (χ3v) is 4.26. The number of methoxy groups -OCH3 is 1. The van der Waals surface area contributed by atoms with Gasteiger partial charge < -0.3 is 4.74 Å². The summed E-state index contributed by atoms with van der Waals surface area (Å²) in [6, 6.07) is 16.9. The van der Waals surface area contributed by atoms with Gasteiger partial charge in [0.15, 0.2) is 0 Å². The van der Waals surface area contributed by atoms with Crippen molar-refractivity contribution in [1.82, 2.24) is 0 Å². The summed E-state index contributed by atoms with van der Waals surface area (Å²) in [5.41, 5.74) is 2.41. The van der Waals surface area contributed by atoms with Gasteiger partial charge in [-0.3, -0.25) is 0 Å². The first-order valence-electron chi connectivity index (χ1n) is 6.57. The molecule has 3 rings (SSSR count). The van der Waals surface area contributed by atoms with E-state index in [0.29, 0.717) is 0 Å². The van der Waals surface area contributed by atoms with E-state index in [9.17, 15) is 0 Å². The van der Waals surface area contributed by atoms with Crippen LogP contribution in [0.5, 0.6) is 5.75 Å². The molecule has 0 aliphatic heterocycles. The zero-order valence-corrected chi connectivity index (χ0v) is 12.4. The average molecular weight is 280 g/mol. The first-order chi connectivity index (χ1) is 9.74. The Labute approximate surface area is 123 Å². The van der Waals surface area contributed by atoms with E-state index >= 15 is 0 Å². The Morgan fingerprint density at radius 1 is 0.900 bits per heavy atom. The van der Waals surface area contributed by atoms with Gasteiger partial charge in [-0.2, -0.15) is 0 Å². The number of hydrogen-bond acceptors (Lipinski definition) is 2. The van der Waals surface area contributed by atoms with Crippen LogP contribution in [0.4, 0.5) is 0 Å². The van der Waals surface area contributed by atoms with Crippen LogP contribution in [0.15, 0.2) is 48.5 Å². The molecule has 100 valence electrons. The summed E-state index contributed by atoms with van der Waals surface area (Å²) in [5, 5.41) is 1.33. The molecule has 0 saturated heterocycles. The summed E-state index contributed by atoms with van der Waals surface area (Å²) in [7, 11) is 1.68. The van der Waals surface area contributed by atoms with Gasteiger partial charge in [0.05, 0.1) is 7.11 Å². The zero-order valence-electron chi connectivity index (χ0n) is 11.6. The lowest BCUT2D eigenvalue weighted by Crippen LogP contribution is -1.81. The van der Waals surface area contributed by atoms with E-state index in [1.165, 1.54) is 26.1 Å². The SMILES string of the molecule is COc1ccc(C=Cc2ccc3cc(C)sc3c2)cc1. The van der Waals surface area contributed by atoms with Crippen LogP contribution < -0.4 is 4.74 Å². The molecule has 3 aromatic rings. The number of thiophene rings is 1. The highest BCUT2D eigenvalue weighted by atomic mass is 32.1. The Hall–Kier alpha value is -2.06. The van der Waals surface area contributed by atoms with Gasteiger partial charge in [0.2, 0.25) is 0 Å². The minimum Gasteiger partial charge on any atom is -0.497 e. The fourth-order valence-corrected chi connectivity index (χ4v) is 3.16. The Kier molecular flexibility index (Phi) is 3.57. The van der Waals surface area contributed by atoms with Crippen LogP contribution >= 0.6 is 11.3 Å². The van der Waals surface area contributed by atoms with Gasteiger partial charge in [-0.15, -0.1) is 11.3 Å². The van der Waals surface area contributed by atoms with Crippen molar-refractivity contribution in [1.29, 1.82) is 0 Å². The van der Waals surface area contributed by atoms with E-state index < -0.39 is 0 Å².